The van der Waals surface area contributed by atoms with E-state index in [0.717, 1.165) is 33.3 Å². The number of carbonyl (C=O) groups is 1. The van der Waals surface area contributed by atoms with Gasteiger partial charge in [0.05, 0.1) is 22.9 Å². The number of nitrogens with one attached hydrogen (secondary N) is 1. The van der Waals surface area contributed by atoms with E-state index in [1.54, 1.807) is 4.68 Å². The van der Waals surface area contributed by atoms with Gasteiger partial charge in [-0.3, -0.25) is 9.00 Å². The summed E-state index contributed by atoms with van der Waals surface area (Å²) in [4.78, 5) is 12.7. The first-order valence-electron chi connectivity index (χ1n) is 10.0. The lowest BCUT2D eigenvalue weighted by atomic mass is 10.1. The molecule has 1 amide bonds. The summed E-state index contributed by atoms with van der Waals surface area (Å²) in [5.74, 6) is 1.71. The van der Waals surface area contributed by atoms with Crippen LogP contribution >= 0.6 is 0 Å². The smallest absolute Gasteiger partial charge is 0.263 e. The van der Waals surface area contributed by atoms with Crippen molar-refractivity contribution < 1.29 is 13.7 Å². The molecule has 6 nitrogen and oxygen atoms in total. The Morgan fingerprint density at radius 1 is 1.06 bits per heavy atom. The second kappa shape index (κ2) is 8.00. The van der Waals surface area contributed by atoms with Gasteiger partial charge in [-0.05, 0) is 41.5 Å². The third-order valence-electron chi connectivity index (χ3n) is 5.36. The molecule has 31 heavy (non-hydrogen) atoms. The Morgan fingerprint density at radius 2 is 1.84 bits per heavy atom. The van der Waals surface area contributed by atoms with Crippen molar-refractivity contribution in [1.82, 2.24) is 9.78 Å². The largest absolute Gasteiger partial charge is 0.484 e. The summed E-state index contributed by atoms with van der Waals surface area (Å²) in [5.41, 5.74) is 3.52. The quantitative estimate of drug-likeness (QED) is 0.516. The van der Waals surface area contributed by atoms with Crippen molar-refractivity contribution in [2.75, 3.05) is 11.9 Å². The molecule has 1 atom stereocenters. The number of amides is 1. The molecule has 1 unspecified atom stereocenters. The molecule has 0 saturated heterocycles. The van der Waals surface area contributed by atoms with Crippen LogP contribution in [0.15, 0.2) is 66.7 Å². The number of benzene rings is 3. The van der Waals surface area contributed by atoms with Crippen LogP contribution < -0.4 is 10.1 Å². The van der Waals surface area contributed by atoms with E-state index in [-0.39, 0.29) is 12.5 Å². The van der Waals surface area contributed by atoms with Gasteiger partial charge in [-0.15, -0.1) is 0 Å². The Morgan fingerprint density at radius 3 is 2.68 bits per heavy atom. The fourth-order valence-electron chi connectivity index (χ4n) is 3.81. The molecule has 3 aromatic carbocycles. The van der Waals surface area contributed by atoms with E-state index in [9.17, 15) is 9.00 Å². The maximum atomic E-state index is 12.7. The predicted molar refractivity (Wildman–Crippen MR) is 122 cm³/mol. The first-order valence-corrected chi connectivity index (χ1v) is 11.5. The van der Waals surface area contributed by atoms with Crippen molar-refractivity contribution in [2.24, 2.45) is 0 Å². The molecular weight excluding hydrogens is 410 g/mol. The van der Waals surface area contributed by atoms with Gasteiger partial charge in [-0.2, -0.15) is 5.10 Å². The third kappa shape index (κ3) is 3.84. The molecule has 1 aliphatic heterocycles. The van der Waals surface area contributed by atoms with Crippen molar-refractivity contribution in [3.8, 4) is 11.4 Å². The van der Waals surface area contributed by atoms with Crippen molar-refractivity contribution in [3.63, 3.8) is 0 Å². The number of aryl methyl sites for hydroxylation is 1. The average Bonchev–Trinajstić information content (AvgIpc) is 3.29. The maximum absolute atomic E-state index is 12.7. The highest BCUT2D eigenvalue weighted by molar-refractivity contribution is 7.83. The molecular formula is C24H21N3O3S. The molecule has 1 N–H and O–H groups in total. The van der Waals surface area contributed by atoms with Crippen LogP contribution in [0, 0.1) is 6.92 Å². The zero-order valence-electron chi connectivity index (χ0n) is 17.0. The highest BCUT2D eigenvalue weighted by atomic mass is 32.2. The first kappa shape index (κ1) is 19.5. The predicted octanol–water partition coefficient (Wildman–Crippen LogP) is 4.11. The lowest BCUT2D eigenvalue weighted by Gasteiger charge is -2.13. The number of aromatic nitrogens is 2. The van der Waals surface area contributed by atoms with E-state index in [2.05, 4.69) is 10.4 Å². The van der Waals surface area contributed by atoms with Crippen LogP contribution in [0.2, 0.25) is 0 Å². The van der Waals surface area contributed by atoms with Gasteiger partial charge in [0.2, 0.25) is 0 Å². The summed E-state index contributed by atoms with van der Waals surface area (Å²) in [6, 6.07) is 21.6. The molecule has 0 bridgehead atoms. The summed E-state index contributed by atoms with van der Waals surface area (Å²) < 4.78 is 19.5. The molecule has 1 aromatic heterocycles. The van der Waals surface area contributed by atoms with E-state index < -0.39 is 10.8 Å². The molecule has 156 valence electrons. The number of ether oxygens (including phenoxy) is 1. The summed E-state index contributed by atoms with van der Waals surface area (Å²) in [6.07, 6.45) is 0. The minimum atomic E-state index is -0.989. The number of para-hydroxylation sites is 1. The lowest BCUT2D eigenvalue weighted by molar-refractivity contribution is -0.118. The lowest BCUT2D eigenvalue weighted by Crippen LogP contribution is -2.22. The van der Waals surface area contributed by atoms with Gasteiger partial charge in [-0.1, -0.05) is 48.5 Å². The summed E-state index contributed by atoms with van der Waals surface area (Å²) in [5, 5.41) is 9.76. The standard InChI is InChI=1S/C24H21N3O3S/c1-16-6-2-5-9-22(16)27-24(20-14-31(29)15-21(20)26-27)25-23(28)13-30-19-11-10-17-7-3-4-8-18(17)12-19/h2-12H,13-15H2,1H3,(H,25,28). The second-order valence-corrected chi connectivity index (χ2v) is 9.00. The number of rotatable bonds is 5. The molecule has 0 fully saturated rings. The van der Waals surface area contributed by atoms with Crippen LogP contribution in [0.25, 0.3) is 16.5 Å². The topological polar surface area (TPSA) is 73.2 Å². The molecule has 7 heteroatoms. The van der Waals surface area contributed by atoms with Gasteiger partial charge in [0.1, 0.15) is 11.6 Å². The van der Waals surface area contributed by atoms with Crippen LogP contribution in [-0.4, -0.2) is 26.5 Å². The van der Waals surface area contributed by atoms with Crippen LogP contribution in [0.3, 0.4) is 0 Å². The molecule has 0 saturated carbocycles. The third-order valence-corrected chi connectivity index (χ3v) is 6.57. The van der Waals surface area contributed by atoms with Crippen LogP contribution in [0.4, 0.5) is 5.82 Å². The minimum absolute atomic E-state index is 0.130. The van der Waals surface area contributed by atoms with Gasteiger partial charge in [-0.25, -0.2) is 4.68 Å². The number of anilines is 1. The van der Waals surface area contributed by atoms with E-state index in [0.29, 0.717) is 23.1 Å². The zero-order chi connectivity index (χ0) is 21.4. The van der Waals surface area contributed by atoms with Gasteiger partial charge in [0.25, 0.3) is 5.91 Å². The van der Waals surface area contributed by atoms with Crippen molar-refractivity contribution in [3.05, 3.63) is 83.6 Å². The highest BCUT2D eigenvalue weighted by Gasteiger charge is 2.28. The van der Waals surface area contributed by atoms with Gasteiger partial charge < -0.3 is 10.1 Å². The fourth-order valence-corrected chi connectivity index (χ4v) is 5.07. The number of nitrogens with zero attached hydrogens (tertiary/aromatic N) is 2. The molecule has 0 radical (unpaired) electrons. The summed E-state index contributed by atoms with van der Waals surface area (Å²) in [6.45, 7) is 1.86. The van der Waals surface area contributed by atoms with Gasteiger partial charge in [0.15, 0.2) is 6.61 Å². The number of fused-ring (bicyclic) bond motifs is 2. The molecule has 4 aromatic rings. The average molecular weight is 432 g/mol. The maximum Gasteiger partial charge on any atom is 0.263 e. The Bertz CT molecular complexity index is 1330. The van der Waals surface area contributed by atoms with Crippen LogP contribution in [0.5, 0.6) is 5.75 Å². The molecule has 0 aliphatic carbocycles. The van der Waals surface area contributed by atoms with E-state index in [1.165, 1.54) is 0 Å². The minimum Gasteiger partial charge on any atom is -0.484 e. The Hall–Kier alpha value is -3.45. The summed E-state index contributed by atoms with van der Waals surface area (Å²) >= 11 is 0. The number of hydrogen-bond acceptors (Lipinski definition) is 4. The Labute approximate surface area is 182 Å². The summed E-state index contributed by atoms with van der Waals surface area (Å²) in [7, 11) is -0.989. The van der Waals surface area contributed by atoms with Crippen molar-refractivity contribution in [2.45, 2.75) is 18.4 Å². The second-order valence-electron chi connectivity index (χ2n) is 7.55. The zero-order valence-corrected chi connectivity index (χ0v) is 17.8. The van der Waals surface area contributed by atoms with E-state index in [4.69, 9.17) is 4.74 Å². The van der Waals surface area contributed by atoms with Crippen molar-refractivity contribution in [1.29, 1.82) is 0 Å². The first-order chi connectivity index (χ1) is 15.1. The van der Waals surface area contributed by atoms with Crippen LogP contribution in [0.1, 0.15) is 16.8 Å². The molecule has 2 heterocycles. The Kier molecular flexibility index (Phi) is 5.03. The number of hydrogen-bond donors (Lipinski definition) is 1. The van der Waals surface area contributed by atoms with Gasteiger partial charge >= 0.3 is 0 Å². The number of carbonyl (C=O) groups excluding carboxylic acids is 1. The Balaban J connectivity index is 1.38. The van der Waals surface area contributed by atoms with Crippen molar-refractivity contribution >= 4 is 33.3 Å². The van der Waals surface area contributed by atoms with Gasteiger partial charge in [0, 0.05) is 16.4 Å². The monoisotopic (exact) mass is 431 g/mol. The highest BCUT2D eigenvalue weighted by Crippen LogP contribution is 2.32. The molecule has 1 aliphatic rings. The molecule has 0 spiro atoms. The van der Waals surface area contributed by atoms with E-state index in [1.807, 2.05) is 73.7 Å². The fraction of sp³-hybridized carbons (Fsp3) is 0.167. The molecule has 5 rings (SSSR count). The van der Waals surface area contributed by atoms with E-state index >= 15 is 0 Å². The normalized spacial score (nSPS) is 15.1. The SMILES string of the molecule is Cc1ccccc1-n1nc2c(c1NC(=O)COc1ccc3ccccc3c1)CS(=O)C2. The van der Waals surface area contributed by atoms with Crippen LogP contribution in [-0.2, 0) is 27.1 Å².